The Kier molecular flexibility index (Phi) is 4.83. The van der Waals surface area contributed by atoms with Crippen LogP contribution in [0, 0.1) is 16.0 Å². The van der Waals surface area contributed by atoms with E-state index in [1.54, 1.807) is 0 Å². The molecular formula is C10H11Cl2NO3. The van der Waals surface area contributed by atoms with Crippen LogP contribution in [0.2, 0.25) is 5.02 Å². The molecule has 1 aromatic carbocycles. The van der Waals surface area contributed by atoms with Crippen molar-refractivity contribution in [3.05, 3.63) is 33.3 Å². The first-order chi connectivity index (χ1) is 7.54. The Labute approximate surface area is 103 Å². The number of nitrogens with zero attached hydrogens (tertiary/aromatic N) is 1. The van der Waals surface area contributed by atoms with Gasteiger partial charge in [-0.15, -0.1) is 11.6 Å². The zero-order chi connectivity index (χ0) is 12.1. The Bertz CT molecular complexity index is 384. The molecule has 0 radical (unpaired) electrons. The van der Waals surface area contributed by atoms with Crippen LogP contribution in [0.3, 0.4) is 0 Å². The van der Waals surface area contributed by atoms with E-state index in [2.05, 4.69) is 0 Å². The van der Waals surface area contributed by atoms with Gasteiger partial charge in [-0.2, -0.15) is 0 Å². The van der Waals surface area contributed by atoms with Gasteiger partial charge in [0.05, 0.1) is 11.5 Å². The summed E-state index contributed by atoms with van der Waals surface area (Å²) < 4.78 is 5.32. The maximum absolute atomic E-state index is 10.7. The topological polar surface area (TPSA) is 52.4 Å². The molecule has 0 aromatic heterocycles. The van der Waals surface area contributed by atoms with Crippen molar-refractivity contribution in [2.75, 3.05) is 12.5 Å². The van der Waals surface area contributed by atoms with Crippen LogP contribution in [-0.2, 0) is 0 Å². The summed E-state index contributed by atoms with van der Waals surface area (Å²) >= 11 is 11.4. The fraction of sp³-hybridized carbons (Fsp3) is 0.400. The van der Waals surface area contributed by atoms with E-state index in [9.17, 15) is 10.1 Å². The van der Waals surface area contributed by atoms with Crippen LogP contribution in [0.25, 0.3) is 0 Å². The van der Waals surface area contributed by atoms with E-state index >= 15 is 0 Å². The Hall–Kier alpha value is -1.00. The van der Waals surface area contributed by atoms with Gasteiger partial charge >= 0.3 is 5.69 Å². The van der Waals surface area contributed by atoms with Crippen LogP contribution in [-0.4, -0.2) is 17.4 Å². The number of halogens is 2. The van der Waals surface area contributed by atoms with Gasteiger partial charge < -0.3 is 4.74 Å². The molecule has 0 aliphatic rings. The van der Waals surface area contributed by atoms with E-state index in [-0.39, 0.29) is 17.4 Å². The van der Waals surface area contributed by atoms with Crippen LogP contribution >= 0.6 is 23.2 Å². The first-order valence-corrected chi connectivity index (χ1v) is 5.58. The molecule has 1 rings (SSSR count). The van der Waals surface area contributed by atoms with Gasteiger partial charge in [0.15, 0.2) is 5.75 Å². The zero-order valence-corrected chi connectivity index (χ0v) is 10.2. The van der Waals surface area contributed by atoms with Gasteiger partial charge in [0.2, 0.25) is 0 Å². The van der Waals surface area contributed by atoms with E-state index < -0.39 is 4.92 Å². The fourth-order valence-electron chi connectivity index (χ4n) is 1.03. The van der Waals surface area contributed by atoms with Crippen molar-refractivity contribution < 1.29 is 9.66 Å². The smallest absolute Gasteiger partial charge is 0.311 e. The van der Waals surface area contributed by atoms with E-state index in [0.29, 0.717) is 17.5 Å². The number of nitro groups is 1. The zero-order valence-electron chi connectivity index (χ0n) is 8.65. The van der Waals surface area contributed by atoms with Crippen LogP contribution in [0.4, 0.5) is 5.69 Å². The van der Waals surface area contributed by atoms with Crippen molar-refractivity contribution in [3.8, 4) is 5.75 Å². The summed E-state index contributed by atoms with van der Waals surface area (Å²) in [4.78, 5) is 10.2. The summed E-state index contributed by atoms with van der Waals surface area (Å²) in [5.74, 6) is 0.740. The molecule has 1 unspecified atom stereocenters. The number of nitro benzene ring substituents is 1. The predicted octanol–water partition coefficient (Wildman–Crippen LogP) is 3.50. The second-order valence-corrected chi connectivity index (χ2v) is 4.18. The maximum Gasteiger partial charge on any atom is 0.311 e. The molecule has 0 bridgehead atoms. The van der Waals surface area contributed by atoms with Gasteiger partial charge in [-0.25, -0.2) is 0 Å². The number of benzene rings is 1. The van der Waals surface area contributed by atoms with Crippen LogP contribution < -0.4 is 4.74 Å². The molecule has 1 atom stereocenters. The Morgan fingerprint density at radius 3 is 2.81 bits per heavy atom. The van der Waals surface area contributed by atoms with Gasteiger partial charge in [0.1, 0.15) is 0 Å². The molecular weight excluding hydrogens is 253 g/mol. The molecule has 0 N–H and O–H groups in total. The summed E-state index contributed by atoms with van der Waals surface area (Å²) in [6.45, 7) is 2.22. The molecule has 0 fully saturated rings. The number of alkyl halides is 1. The minimum absolute atomic E-state index is 0.0915. The highest BCUT2D eigenvalue weighted by Gasteiger charge is 2.16. The van der Waals surface area contributed by atoms with Crippen molar-refractivity contribution in [2.45, 2.75) is 6.92 Å². The Balaban J connectivity index is 2.84. The van der Waals surface area contributed by atoms with E-state index in [1.165, 1.54) is 18.2 Å². The third-order valence-electron chi connectivity index (χ3n) is 1.91. The Morgan fingerprint density at radius 2 is 2.25 bits per heavy atom. The van der Waals surface area contributed by atoms with Crippen LogP contribution in [0.1, 0.15) is 6.92 Å². The molecule has 0 spiro atoms. The highest BCUT2D eigenvalue weighted by Crippen LogP contribution is 2.30. The fourth-order valence-corrected chi connectivity index (χ4v) is 1.28. The quantitative estimate of drug-likeness (QED) is 0.464. The molecule has 0 saturated carbocycles. The molecule has 16 heavy (non-hydrogen) atoms. The average Bonchev–Trinajstić information content (AvgIpc) is 2.25. The number of hydrogen-bond acceptors (Lipinski definition) is 3. The van der Waals surface area contributed by atoms with Crippen LogP contribution in [0.15, 0.2) is 18.2 Å². The molecule has 4 nitrogen and oxygen atoms in total. The highest BCUT2D eigenvalue weighted by atomic mass is 35.5. The largest absolute Gasteiger partial charge is 0.486 e. The third kappa shape index (κ3) is 3.54. The first-order valence-electron chi connectivity index (χ1n) is 4.67. The molecule has 0 amide bonds. The summed E-state index contributed by atoms with van der Waals surface area (Å²) in [6.07, 6.45) is 0. The SMILES string of the molecule is CC(CCl)COc1cc(Cl)ccc1[N+](=O)[O-]. The van der Waals surface area contributed by atoms with Gasteiger partial charge in [-0.3, -0.25) is 10.1 Å². The van der Waals surface area contributed by atoms with Crippen molar-refractivity contribution in [1.82, 2.24) is 0 Å². The second-order valence-electron chi connectivity index (χ2n) is 3.44. The molecule has 0 saturated heterocycles. The van der Waals surface area contributed by atoms with Crippen molar-refractivity contribution in [2.24, 2.45) is 5.92 Å². The number of hydrogen-bond donors (Lipinski definition) is 0. The monoisotopic (exact) mass is 263 g/mol. The lowest BCUT2D eigenvalue weighted by atomic mass is 10.2. The van der Waals surface area contributed by atoms with Gasteiger partial charge in [-0.1, -0.05) is 18.5 Å². The summed E-state index contributed by atoms with van der Waals surface area (Å²) in [5.41, 5.74) is -0.0915. The lowest BCUT2D eigenvalue weighted by Crippen LogP contribution is -2.10. The standard InChI is InChI=1S/C10H11Cl2NO3/c1-7(5-11)6-16-10-4-8(12)2-3-9(10)13(14)15/h2-4,7H,5-6H2,1H3. The van der Waals surface area contributed by atoms with Crippen molar-refractivity contribution in [3.63, 3.8) is 0 Å². The van der Waals surface area contributed by atoms with E-state index in [4.69, 9.17) is 27.9 Å². The van der Waals surface area contributed by atoms with Crippen LogP contribution in [0.5, 0.6) is 5.75 Å². The average molecular weight is 264 g/mol. The van der Waals surface area contributed by atoms with Crippen molar-refractivity contribution in [1.29, 1.82) is 0 Å². The summed E-state index contributed by atoms with van der Waals surface area (Å²) in [7, 11) is 0. The first kappa shape index (κ1) is 13.1. The molecule has 0 aliphatic carbocycles. The second kappa shape index (κ2) is 5.92. The van der Waals surface area contributed by atoms with E-state index in [0.717, 1.165) is 0 Å². The summed E-state index contributed by atoms with van der Waals surface area (Å²) in [6, 6.07) is 4.21. The number of ether oxygens (including phenoxy) is 1. The highest BCUT2D eigenvalue weighted by molar-refractivity contribution is 6.30. The summed E-state index contributed by atoms with van der Waals surface area (Å²) in [5, 5.41) is 11.1. The van der Waals surface area contributed by atoms with Gasteiger partial charge in [0, 0.05) is 29.0 Å². The predicted molar refractivity (Wildman–Crippen MR) is 63.5 cm³/mol. The maximum atomic E-state index is 10.7. The molecule has 6 heteroatoms. The third-order valence-corrected chi connectivity index (χ3v) is 2.67. The van der Waals surface area contributed by atoms with Gasteiger partial charge in [-0.05, 0) is 6.07 Å². The lowest BCUT2D eigenvalue weighted by Gasteiger charge is -2.10. The molecule has 0 aliphatic heterocycles. The molecule has 0 heterocycles. The van der Waals surface area contributed by atoms with Gasteiger partial charge in [0.25, 0.3) is 0 Å². The van der Waals surface area contributed by atoms with E-state index in [1.807, 2.05) is 6.92 Å². The minimum atomic E-state index is -0.503. The minimum Gasteiger partial charge on any atom is -0.486 e. The molecule has 1 aromatic rings. The molecule has 88 valence electrons. The Morgan fingerprint density at radius 1 is 1.56 bits per heavy atom. The number of rotatable bonds is 5. The normalized spacial score (nSPS) is 12.2. The van der Waals surface area contributed by atoms with Crippen molar-refractivity contribution >= 4 is 28.9 Å². The lowest BCUT2D eigenvalue weighted by molar-refractivity contribution is -0.385.